The van der Waals surface area contributed by atoms with Crippen molar-refractivity contribution in [3.05, 3.63) is 0 Å². The molecule has 0 aliphatic rings. The summed E-state index contributed by atoms with van der Waals surface area (Å²) in [6, 6.07) is -1.60. The van der Waals surface area contributed by atoms with Gasteiger partial charge in [-0.05, 0) is 39.5 Å². The van der Waals surface area contributed by atoms with Crippen LogP contribution in [0.4, 0.5) is 0 Å². The van der Waals surface area contributed by atoms with E-state index in [-0.39, 0.29) is 101 Å². The van der Waals surface area contributed by atoms with Gasteiger partial charge in [0, 0.05) is 46.2 Å². The van der Waals surface area contributed by atoms with Crippen molar-refractivity contribution in [1.29, 1.82) is 0 Å². The van der Waals surface area contributed by atoms with Crippen LogP contribution < -0.4 is 27.0 Å². The Morgan fingerprint density at radius 1 is 0.517 bits per heavy atom. The Bertz CT molecular complexity index is 1380. The number of carbonyl (C=O) groups is 10. The Hall–Kier alpha value is -4.66. The van der Waals surface area contributed by atoms with Gasteiger partial charge in [-0.2, -0.15) is 0 Å². The van der Waals surface area contributed by atoms with E-state index in [2.05, 4.69) is 21.3 Å². The Labute approximate surface area is 352 Å². The zero-order valence-electron chi connectivity index (χ0n) is 35.7. The number of Topliss-reactive ketones (excluding diaryl/α,β-unsaturated/α-hetero) is 4. The minimum Gasteiger partial charge on any atom is -0.458 e. The smallest absolute Gasteiger partial charge is 0.306 e. The summed E-state index contributed by atoms with van der Waals surface area (Å²) in [4.78, 5) is 119. The summed E-state index contributed by atoms with van der Waals surface area (Å²) in [5, 5.41) is 10.3. The molecule has 60 heavy (non-hydrogen) atoms. The first-order valence-electron chi connectivity index (χ1n) is 20.4. The zero-order chi connectivity index (χ0) is 45.1. The molecule has 0 rings (SSSR count). The summed E-state index contributed by atoms with van der Waals surface area (Å²) in [6.45, 7) is 6.59. The van der Waals surface area contributed by atoms with Gasteiger partial charge in [-0.1, -0.05) is 25.7 Å². The summed E-state index contributed by atoms with van der Waals surface area (Å²) in [7, 11) is 0. The van der Waals surface area contributed by atoms with Crippen molar-refractivity contribution in [1.82, 2.24) is 21.3 Å². The highest BCUT2D eigenvalue weighted by Gasteiger charge is 2.23. The minimum absolute atomic E-state index is 0.0811. The second kappa shape index (κ2) is 35.1. The third kappa shape index (κ3) is 32.2. The summed E-state index contributed by atoms with van der Waals surface area (Å²) >= 11 is 0. The number of hydrogen-bond donors (Lipinski definition) is 5. The maximum atomic E-state index is 12.6. The number of primary amides is 1. The number of amides is 5. The van der Waals surface area contributed by atoms with Crippen molar-refractivity contribution in [2.24, 2.45) is 11.7 Å². The Morgan fingerprint density at radius 3 is 1.50 bits per heavy atom. The van der Waals surface area contributed by atoms with Gasteiger partial charge in [0.25, 0.3) is 0 Å². The zero-order valence-corrected chi connectivity index (χ0v) is 35.7. The Kier molecular flexibility index (Phi) is 32.4. The molecule has 6 N–H and O–H groups in total. The number of nitrogens with one attached hydrogen (secondary N) is 4. The fourth-order valence-electron chi connectivity index (χ4n) is 5.29. The van der Waals surface area contributed by atoms with Crippen LogP contribution in [0.3, 0.4) is 0 Å². The van der Waals surface area contributed by atoms with Gasteiger partial charge in [-0.3, -0.25) is 47.9 Å². The molecule has 3 unspecified atom stereocenters. The molecule has 0 saturated carbocycles. The van der Waals surface area contributed by atoms with E-state index in [0.29, 0.717) is 71.2 Å². The maximum Gasteiger partial charge on any atom is 0.306 e. The van der Waals surface area contributed by atoms with Crippen LogP contribution in [0.5, 0.6) is 0 Å². The van der Waals surface area contributed by atoms with E-state index >= 15 is 0 Å². The van der Waals surface area contributed by atoms with E-state index in [0.717, 1.165) is 0 Å². The van der Waals surface area contributed by atoms with Gasteiger partial charge in [0.05, 0.1) is 58.0 Å². The number of ether oxygens (including phenoxy) is 5. The number of rotatable bonds is 39. The molecule has 0 aromatic carbocycles. The molecule has 342 valence electrons. The quantitative estimate of drug-likeness (QED) is 0.0307. The van der Waals surface area contributed by atoms with Crippen molar-refractivity contribution in [3.8, 4) is 0 Å². The van der Waals surface area contributed by atoms with Crippen molar-refractivity contribution in [2.75, 3.05) is 72.6 Å². The topological polar surface area (TPSA) is 291 Å². The lowest BCUT2D eigenvalue weighted by molar-refractivity contribution is -0.150. The molecule has 0 bridgehead atoms. The third-order valence-corrected chi connectivity index (χ3v) is 8.77. The molecular weight excluding hydrogens is 790 g/mol. The van der Waals surface area contributed by atoms with Crippen LogP contribution in [0.2, 0.25) is 0 Å². The lowest BCUT2D eigenvalue weighted by Gasteiger charge is -2.16. The van der Waals surface area contributed by atoms with E-state index < -0.39 is 54.1 Å². The third-order valence-electron chi connectivity index (χ3n) is 8.77. The second-order valence-corrected chi connectivity index (χ2v) is 14.1. The number of nitrogens with two attached hydrogens (primary N) is 1. The highest BCUT2D eigenvalue weighted by molar-refractivity contribution is 6.03. The van der Waals surface area contributed by atoms with E-state index in [1.165, 1.54) is 27.7 Å². The summed E-state index contributed by atoms with van der Waals surface area (Å²) in [5.74, 6) is -4.98. The molecule has 0 heterocycles. The van der Waals surface area contributed by atoms with Gasteiger partial charge in [-0.15, -0.1) is 0 Å². The molecule has 0 aliphatic heterocycles. The molecule has 0 saturated heterocycles. The van der Waals surface area contributed by atoms with Crippen LogP contribution in [-0.2, 0) is 71.6 Å². The van der Waals surface area contributed by atoms with Gasteiger partial charge >= 0.3 is 5.97 Å². The Morgan fingerprint density at radius 2 is 1.00 bits per heavy atom. The lowest BCUT2D eigenvalue weighted by atomic mass is 9.96. The van der Waals surface area contributed by atoms with Crippen LogP contribution in [0.1, 0.15) is 105 Å². The van der Waals surface area contributed by atoms with Crippen LogP contribution in [-0.4, -0.2) is 143 Å². The molecule has 3 atom stereocenters. The van der Waals surface area contributed by atoms with E-state index in [1.54, 1.807) is 0 Å². The van der Waals surface area contributed by atoms with E-state index in [9.17, 15) is 47.9 Å². The predicted octanol–water partition coefficient (Wildman–Crippen LogP) is -0.0633. The van der Waals surface area contributed by atoms with Gasteiger partial charge in [0.2, 0.25) is 29.5 Å². The van der Waals surface area contributed by atoms with E-state index in [1.807, 2.05) is 0 Å². The number of carbonyl (C=O) groups excluding carboxylic acids is 10. The molecule has 20 heteroatoms. The average molecular weight is 858 g/mol. The number of unbranched alkanes of at least 4 members (excludes halogenated alkanes) is 4. The first kappa shape index (κ1) is 55.3. The fraction of sp³-hybridized carbons (Fsp3) is 0.750. The van der Waals surface area contributed by atoms with Crippen LogP contribution in [0, 0.1) is 5.92 Å². The Balaban J connectivity index is 4.14. The van der Waals surface area contributed by atoms with Gasteiger partial charge < -0.3 is 50.7 Å². The molecule has 0 spiro atoms. The molecule has 5 amide bonds. The average Bonchev–Trinajstić information content (AvgIpc) is 3.18. The first-order chi connectivity index (χ1) is 28.5. The first-order valence-corrected chi connectivity index (χ1v) is 20.4. The van der Waals surface area contributed by atoms with Crippen LogP contribution in [0.15, 0.2) is 0 Å². The molecular formula is C40H67N5O15. The van der Waals surface area contributed by atoms with Crippen LogP contribution >= 0.6 is 0 Å². The molecule has 0 aromatic rings. The number of hydrogen-bond acceptors (Lipinski definition) is 15. The van der Waals surface area contributed by atoms with Crippen molar-refractivity contribution < 1.29 is 71.6 Å². The van der Waals surface area contributed by atoms with Crippen molar-refractivity contribution in [2.45, 2.75) is 117 Å². The van der Waals surface area contributed by atoms with Crippen molar-refractivity contribution in [3.63, 3.8) is 0 Å². The lowest BCUT2D eigenvalue weighted by Crippen LogP contribution is -2.45. The second-order valence-electron chi connectivity index (χ2n) is 14.1. The fourth-order valence-corrected chi connectivity index (χ4v) is 5.29. The van der Waals surface area contributed by atoms with Crippen LogP contribution in [0.25, 0.3) is 0 Å². The minimum atomic E-state index is -0.985. The summed E-state index contributed by atoms with van der Waals surface area (Å²) < 4.78 is 26.0. The number of esters is 1. The SMILES string of the molecule is CC(=O)NCCOCCOCC(=O)NC(CCCCCC(=O)C(C)C(=O)COC(=O)CCC(=O)CCCCCC(NC(=O)COCCOCCNC(C)=O)C(N)=O)C(C)=O. The maximum absolute atomic E-state index is 12.6. The predicted molar refractivity (Wildman–Crippen MR) is 215 cm³/mol. The standard InChI is InChI=1S/C40H67N5O15/c1-28(35(50)14-10-6-8-12-33(29(2)46)44-37(52)26-58-23-21-56-19-17-42-30(3)47)36(51)25-60-39(54)16-15-32(49)11-7-5-9-13-34(40(41)55)45-38(53)27-59-24-22-57-20-18-43-31(4)48/h28,33-34H,5-27H2,1-4H3,(H2,41,55)(H,42,47)(H,43,48)(H,44,52)(H,45,53). The summed E-state index contributed by atoms with van der Waals surface area (Å²) in [6.07, 6.45) is 3.78. The molecule has 20 nitrogen and oxygen atoms in total. The highest BCUT2D eigenvalue weighted by Crippen LogP contribution is 2.12. The summed E-state index contributed by atoms with van der Waals surface area (Å²) in [5.41, 5.74) is 5.41. The largest absolute Gasteiger partial charge is 0.458 e. The molecule has 0 aliphatic carbocycles. The van der Waals surface area contributed by atoms with Gasteiger partial charge in [0.15, 0.2) is 18.2 Å². The molecule has 0 fully saturated rings. The van der Waals surface area contributed by atoms with Gasteiger partial charge in [0.1, 0.15) is 30.8 Å². The normalized spacial score (nSPS) is 12.3. The number of ketones is 4. The molecule has 0 aromatic heterocycles. The van der Waals surface area contributed by atoms with E-state index in [4.69, 9.17) is 29.4 Å². The molecule has 0 radical (unpaired) electrons. The van der Waals surface area contributed by atoms with Gasteiger partial charge in [-0.25, -0.2) is 0 Å². The monoisotopic (exact) mass is 857 g/mol. The highest BCUT2D eigenvalue weighted by atomic mass is 16.5. The van der Waals surface area contributed by atoms with Crippen molar-refractivity contribution >= 4 is 58.6 Å².